The van der Waals surface area contributed by atoms with Crippen molar-refractivity contribution in [1.82, 2.24) is 4.98 Å². The maximum Gasteiger partial charge on any atom is 0.270 e. The van der Waals surface area contributed by atoms with Gasteiger partial charge < -0.3 is 10.6 Å². The molecular formula is C12H12N4O3. The molecule has 19 heavy (non-hydrogen) atoms. The Bertz CT molecular complexity index is 656. The number of nitro groups is 1. The van der Waals surface area contributed by atoms with Gasteiger partial charge in [-0.3, -0.25) is 14.9 Å². The van der Waals surface area contributed by atoms with E-state index in [0.717, 1.165) is 0 Å². The molecule has 0 radical (unpaired) electrons. The van der Waals surface area contributed by atoms with Crippen LogP contribution in [0.15, 0.2) is 30.3 Å². The number of nitrogens with zero attached hydrogens (tertiary/aromatic N) is 3. The van der Waals surface area contributed by atoms with Crippen LogP contribution in [0.1, 0.15) is 0 Å². The molecule has 0 saturated heterocycles. The number of hydrogen-bond donors (Lipinski definition) is 1. The number of carbonyl (C=O) groups is 1. The van der Waals surface area contributed by atoms with Gasteiger partial charge in [-0.25, -0.2) is 4.98 Å². The van der Waals surface area contributed by atoms with Gasteiger partial charge in [0.15, 0.2) is 0 Å². The molecule has 2 aromatic rings. The molecule has 0 aliphatic rings. The van der Waals surface area contributed by atoms with E-state index < -0.39 is 10.8 Å². The summed E-state index contributed by atoms with van der Waals surface area (Å²) in [5, 5.41) is 11.3. The average molecular weight is 260 g/mol. The normalized spacial score (nSPS) is 10.4. The molecule has 98 valence electrons. The van der Waals surface area contributed by atoms with Gasteiger partial charge in [-0.1, -0.05) is 0 Å². The molecule has 1 heterocycles. The Labute approximate surface area is 108 Å². The minimum Gasteiger partial charge on any atom is -0.368 e. The Morgan fingerprint density at radius 2 is 2.16 bits per heavy atom. The van der Waals surface area contributed by atoms with E-state index in [1.54, 1.807) is 30.1 Å². The number of aromatic nitrogens is 1. The fourth-order valence-corrected chi connectivity index (χ4v) is 1.74. The number of anilines is 1. The van der Waals surface area contributed by atoms with Gasteiger partial charge >= 0.3 is 0 Å². The summed E-state index contributed by atoms with van der Waals surface area (Å²) < 4.78 is 0. The van der Waals surface area contributed by atoms with Gasteiger partial charge in [-0.15, -0.1) is 0 Å². The summed E-state index contributed by atoms with van der Waals surface area (Å²) in [6, 6.07) is 7.85. The van der Waals surface area contributed by atoms with Crippen LogP contribution in [0.5, 0.6) is 0 Å². The Morgan fingerprint density at radius 3 is 2.79 bits per heavy atom. The standard InChI is InChI=1S/C12H12N4O3/c1-15(7-11(13)17)12-5-2-8-6-9(16(18)19)3-4-10(8)14-12/h2-6H,7H2,1H3,(H2,13,17). The zero-order valence-corrected chi connectivity index (χ0v) is 10.2. The summed E-state index contributed by atoms with van der Waals surface area (Å²) in [5.41, 5.74) is 5.76. The predicted octanol–water partition coefficient (Wildman–Crippen LogP) is 1.06. The summed E-state index contributed by atoms with van der Waals surface area (Å²) in [7, 11) is 1.70. The van der Waals surface area contributed by atoms with Crippen LogP contribution in [0.3, 0.4) is 0 Å². The van der Waals surface area contributed by atoms with Crippen molar-refractivity contribution in [2.45, 2.75) is 0 Å². The highest BCUT2D eigenvalue weighted by Crippen LogP contribution is 2.22. The first-order valence-corrected chi connectivity index (χ1v) is 5.52. The van der Waals surface area contributed by atoms with Crippen LogP contribution in [0, 0.1) is 10.1 Å². The number of primary amides is 1. The molecule has 0 unspecified atom stereocenters. The van der Waals surface area contributed by atoms with Crippen molar-refractivity contribution in [3.8, 4) is 0 Å². The van der Waals surface area contributed by atoms with E-state index in [9.17, 15) is 14.9 Å². The van der Waals surface area contributed by atoms with Gasteiger partial charge in [0.2, 0.25) is 5.91 Å². The number of rotatable bonds is 4. The first-order chi connectivity index (χ1) is 8.97. The second-order valence-corrected chi connectivity index (χ2v) is 4.13. The lowest BCUT2D eigenvalue weighted by Gasteiger charge is -2.16. The van der Waals surface area contributed by atoms with Crippen LogP contribution < -0.4 is 10.6 Å². The topological polar surface area (TPSA) is 102 Å². The first kappa shape index (κ1) is 12.7. The van der Waals surface area contributed by atoms with Crippen molar-refractivity contribution < 1.29 is 9.72 Å². The second-order valence-electron chi connectivity index (χ2n) is 4.13. The molecule has 1 aromatic carbocycles. The van der Waals surface area contributed by atoms with Crippen molar-refractivity contribution in [3.63, 3.8) is 0 Å². The van der Waals surface area contributed by atoms with Crippen LogP contribution in [-0.4, -0.2) is 29.4 Å². The molecule has 0 bridgehead atoms. The number of nitro benzene ring substituents is 1. The number of benzene rings is 1. The largest absolute Gasteiger partial charge is 0.368 e. The highest BCUT2D eigenvalue weighted by Gasteiger charge is 2.09. The summed E-state index contributed by atoms with van der Waals surface area (Å²) in [6.45, 7) is 0.0610. The van der Waals surface area contributed by atoms with Gasteiger partial charge in [0.1, 0.15) is 5.82 Å². The van der Waals surface area contributed by atoms with Crippen LogP contribution in [0.4, 0.5) is 11.5 Å². The fraction of sp³-hybridized carbons (Fsp3) is 0.167. The van der Waals surface area contributed by atoms with Gasteiger partial charge in [-0.05, 0) is 18.2 Å². The molecule has 1 aromatic heterocycles. The smallest absolute Gasteiger partial charge is 0.270 e. The lowest BCUT2D eigenvalue weighted by Crippen LogP contribution is -2.30. The molecule has 1 amide bonds. The van der Waals surface area contributed by atoms with E-state index in [4.69, 9.17) is 5.73 Å². The molecule has 2 rings (SSSR count). The molecule has 7 heteroatoms. The zero-order chi connectivity index (χ0) is 14.0. The number of carbonyl (C=O) groups excluding carboxylic acids is 1. The van der Waals surface area contributed by atoms with Crippen molar-refractivity contribution in [2.24, 2.45) is 5.73 Å². The molecular weight excluding hydrogens is 248 g/mol. The lowest BCUT2D eigenvalue weighted by atomic mass is 10.2. The Balaban J connectivity index is 2.39. The van der Waals surface area contributed by atoms with Crippen LogP contribution >= 0.6 is 0 Å². The minimum atomic E-state index is -0.452. The highest BCUT2D eigenvalue weighted by molar-refractivity contribution is 5.84. The van der Waals surface area contributed by atoms with E-state index in [1.165, 1.54) is 12.1 Å². The third-order valence-electron chi connectivity index (χ3n) is 2.65. The number of non-ortho nitro benzene ring substituents is 1. The SMILES string of the molecule is CN(CC(N)=O)c1ccc2cc([N+](=O)[O-])ccc2n1. The first-order valence-electron chi connectivity index (χ1n) is 5.52. The monoisotopic (exact) mass is 260 g/mol. The van der Waals surface area contributed by atoms with E-state index in [-0.39, 0.29) is 12.2 Å². The molecule has 7 nitrogen and oxygen atoms in total. The molecule has 0 atom stereocenters. The lowest BCUT2D eigenvalue weighted by molar-refractivity contribution is -0.384. The van der Waals surface area contributed by atoms with Gasteiger partial charge in [0.25, 0.3) is 5.69 Å². The Hall–Kier alpha value is -2.70. The minimum absolute atomic E-state index is 0.0209. The molecule has 0 saturated carbocycles. The number of hydrogen-bond acceptors (Lipinski definition) is 5. The summed E-state index contributed by atoms with van der Waals surface area (Å²) in [4.78, 5) is 27.0. The van der Waals surface area contributed by atoms with E-state index in [1.807, 2.05) is 0 Å². The van der Waals surface area contributed by atoms with Crippen molar-refractivity contribution in [3.05, 3.63) is 40.4 Å². The quantitative estimate of drug-likeness (QED) is 0.654. The summed E-state index contributed by atoms with van der Waals surface area (Å²) in [5.74, 6) is 0.133. The fourth-order valence-electron chi connectivity index (χ4n) is 1.74. The van der Waals surface area contributed by atoms with Crippen LogP contribution in [-0.2, 0) is 4.79 Å². The maximum absolute atomic E-state index is 10.8. The molecule has 0 aliphatic carbocycles. The highest BCUT2D eigenvalue weighted by atomic mass is 16.6. The predicted molar refractivity (Wildman–Crippen MR) is 70.9 cm³/mol. The van der Waals surface area contributed by atoms with E-state index in [0.29, 0.717) is 16.7 Å². The zero-order valence-electron chi connectivity index (χ0n) is 10.2. The number of amides is 1. The second kappa shape index (κ2) is 4.89. The Morgan fingerprint density at radius 1 is 1.42 bits per heavy atom. The molecule has 0 aliphatic heterocycles. The van der Waals surface area contributed by atoms with Crippen LogP contribution in [0.25, 0.3) is 10.9 Å². The van der Waals surface area contributed by atoms with Crippen molar-refractivity contribution in [2.75, 3.05) is 18.5 Å². The average Bonchev–Trinajstić information content (AvgIpc) is 2.36. The van der Waals surface area contributed by atoms with E-state index in [2.05, 4.69) is 4.98 Å². The van der Waals surface area contributed by atoms with Gasteiger partial charge in [0.05, 0.1) is 17.0 Å². The van der Waals surface area contributed by atoms with E-state index >= 15 is 0 Å². The Kier molecular flexibility index (Phi) is 3.28. The maximum atomic E-state index is 10.8. The summed E-state index contributed by atoms with van der Waals surface area (Å²) in [6.07, 6.45) is 0. The number of pyridine rings is 1. The van der Waals surface area contributed by atoms with Crippen molar-refractivity contribution >= 4 is 28.3 Å². The van der Waals surface area contributed by atoms with Crippen LogP contribution in [0.2, 0.25) is 0 Å². The molecule has 2 N–H and O–H groups in total. The summed E-state index contributed by atoms with van der Waals surface area (Å²) >= 11 is 0. The van der Waals surface area contributed by atoms with Gasteiger partial charge in [0, 0.05) is 24.6 Å². The van der Waals surface area contributed by atoms with Crippen molar-refractivity contribution in [1.29, 1.82) is 0 Å². The number of fused-ring (bicyclic) bond motifs is 1. The molecule has 0 fully saturated rings. The third kappa shape index (κ3) is 2.76. The number of nitrogens with two attached hydrogens (primary N) is 1. The number of likely N-dealkylation sites (N-methyl/N-ethyl adjacent to an activating group) is 1. The molecule has 0 spiro atoms. The van der Waals surface area contributed by atoms with Gasteiger partial charge in [-0.2, -0.15) is 0 Å². The third-order valence-corrected chi connectivity index (χ3v) is 2.65.